The molecule has 2 aromatic carbocycles. The van der Waals surface area contributed by atoms with E-state index >= 15 is 0 Å². The number of halogens is 1. The van der Waals surface area contributed by atoms with Crippen LogP contribution in [-0.2, 0) is 16.1 Å². The minimum absolute atomic E-state index is 0.205. The van der Waals surface area contributed by atoms with Crippen LogP contribution in [0.3, 0.4) is 0 Å². The number of hydrogen-bond acceptors (Lipinski definition) is 5. The van der Waals surface area contributed by atoms with E-state index in [1.54, 1.807) is 31.2 Å². The number of ether oxygens (including phenoxy) is 3. The third-order valence-corrected chi connectivity index (χ3v) is 4.29. The number of carbonyl (C=O) groups excluding carboxylic acids is 2. The summed E-state index contributed by atoms with van der Waals surface area (Å²) in [7, 11) is 0. The van der Waals surface area contributed by atoms with E-state index in [4.69, 9.17) is 14.2 Å². The third-order valence-electron chi connectivity index (χ3n) is 3.62. The molecular formula is C18H16INO5. The van der Waals surface area contributed by atoms with Gasteiger partial charge in [0.2, 0.25) is 6.79 Å². The minimum Gasteiger partial charge on any atom is -0.454 e. The lowest BCUT2D eigenvalue weighted by Gasteiger charge is -2.14. The summed E-state index contributed by atoms with van der Waals surface area (Å²) in [4.78, 5) is 24.2. The highest BCUT2D eigenvalue weighted by atomic mass is 127. The molecule has 1 aliphatic heterocycles. The molecule has 6 nitrogen and oxygen atoms in total. The monoisotopic (exact) mass is 453 g/mol. The lowest BCUT2D eigenvalue weighted by molar-refractivity contribution is -0.129. The van der Waals surface area contributed by atoms with Gasteiger partial charge in [-0.25, -0.2) is 4.79 Å². The first-order chi connectivity index (χ1) is 12.0. The van der Waals surface area contributed by atoms with Crippen LogP contribution in [0.4, 0.5) is 0 Å². The van der Waals surface area contributed by atoms with E-state index in [0.29, 0.717) is 23.6 Å². The maximum Gasteiger partial charge on any atom is 0.338 e. The Morgan fingerprint density at radius 2 is 2.00 bits per heavy atom. The maximum atomic E-state index is 12.1. The SMILES string of the molecule is CC(OC(=O)c1cccc(I)c1)C(=O)NCc1ccc2c(c1)OCO2. The van der Waals surface area contributed by atoms with Crippen molar-refractivity contribution < 1.29 is 23.8 Å². The molecule has 3 rings (SSSR count). The van der Waals surface area contributed by atoms with Crippen LogP contribution >= 0.6 is 22.6 Å². The van der Waals surface area contributed by atoms with Crippen molar-refractivity contribution in [1.82, 2.24) is 5.32 Å². The third kappa shape index (κ3) is 4.41. The van der Waals surface area contributed by atoms with Crippen LogP contribution in [0, 0.1) is 3.57 Å². The Morgan fingerprint density at radius 3 is 2.80 bits per heavy atom. The summed E-state index contributed by atoms with van der Waals surface area (Å²) in [5.41, 5.74) is 1.29. The van der Waals surface area contributed by atoms with Gasteiger partial charge in [-0.2, -0.15) is 0 Å². The van der Waals surface area contributed by atoms with Crippen molar-refractivity contribution in [3.63, 3.8) is 0 Å². The molecule has 1 amide bonds. The van der Waals surface area contributed by atoms with Gasteiger partial charge in [-0.1, -0.05) is 12.1 Å². The fourth-order valence-corrected chi connectivity index (χ4v) is 2.82. The molecule has 1 N–H and O–H groups in total. The standard InChI is InChI=1S/C18H16INO5/c1-11(25-18(22)13-3-2-4-14(19)8-13)17(21)20-9-12-5-6-15-16(7-12)24-10-23-15/h2-8,11H,9-10H2,1H3,(H,20,21). The van der Waals surface area contributed by atoms with E-state index in [9.17, 15) is 9.59 Å². The van der Waals surface area contributed by atoms with E-state index in [0.717, 1.165) is 9.13 Å². The number of hydrogen-bond donors (Lipinski definition) is 1. The largest absolute Gasteiger partial charge is 0.454 e. The van der Waals surface area contributed by atoms with Crippen molar-refractivity contribution in [1.29, 1.82) is 0 Å². The van der Waals surface area contributed by atoms with Crippen LogP contribution in [0.2, 0.25) is 0 Å². The van der Waals surface area contributed by atoms with Crippen LogP contribution in [0.1, 0.15) is 22.8 Å². The Bertz CT molecular complexity index is 808. The number of rotatable bonds is 5. The summed E-state index contributed by atoms with van der Waals surface area (Å²) in [6.07, 6.45) is -0.889. The van der Waals surface area contributed by atoms with E-state index < -0.39 is 12.1 Å². The minimum atomic E-state index is -0.889. The smallest absolute Gasteiger partial charge is 0.338 e. The Balaban J connectivity index is 1.53. The Hall–Kier alpha value is -2.29. The van der Waals surface area contributed by atoms with Gasteiger partial charge in [0.15, 0.2) is 17.6 Å². The van der Waals surface area contributed by atoms with Gasteiger partial charge in [-0.3, -0.25) is 4.79 Å². The first-order valence-electron chi connectivity index (χ1n) is 7.66. The Morgan fingerprint density at radius 1 is 1.20 bits per heavy atom. The molecule has 1 heterocycles. The summed E-state index contributed by atoms with van der Waals surface area (Å²) < 4.78 is 16.7. The van der Waals surface area contributed by atoms with Gasteiger partial charge in [0, 0.05) is 10.1 Å². The number of fused-ring (bicyclic) bond motifs is 1. The van der Waals surface area contributed by atoms with Crippen LogP contribution < -0.4 is 14.8 Å². The van der Waals surface area contributed by atoms with Crippen LogP contribution in [-0.4, -0.2) is 24.8 Å². The molecule has 25 heavy (non-hydrogen) atoms. The van der Waals surface area contributed by atoms with Crippen LogP contribution in [0.5, 0.6) is 11.5 Å². The molecule has 0 saturated carbocycles. The summed E-state index contributed by atoms with van der Waals surface area (Å²) in [5.74, 6) is 0.459. The van der Waals surface area contributed by atoms with Gasteiger partial charge >= 0.3 is 5.97 Å². The van der Waals surface area contributed by atoms with Crippen molar-refractivity contribution in [2.24, 2.45) is 0 Å². The van der Waals surface area contributed by atoms with Gasteiger partial charge in [0.25, 0.3) is 5.91 Å². The van der Waals surface area contributed by atoms with E-state index in [1.807, 2.05) is 18.2 Å². The molecule has 0 saturated heterocycles. The number of amides is 1. The van der Waals surface area contributed by atoms with Crippen LogP contribution in [0.25, 0.3) is 0 Å². The average molecular weight is 453 g/mol. The lowest BCUT2D eigenvalue weighted by Crippen LogP contribution is -2.35. The summed E-state index contributed by atoms with van der Waals surface area (Å²) in [5, 5.41) is 2.74. The van der Waals surface area contributed by atoms with Gasteiger partial charge in [-0.15, -0.1) is 0 Å². The molecule has 1 atom stereocenters. The summed E-state index contributed by atoms with van der Waals surface area (Å²) >= 11 is 2.11. The molecule has 0 fully saturated rings. The maximum absolute atomic E-state index is 12.1. The molecular weight excluding hydrogens is 437 g/mol. The van der Waals surface area contributed by atoms with Crippen molar-refractivity contribution >= 4 is 34.5 Å². The van der Waals surface area contributed by atoms with Gasteiger partial charge in [0.05, 0.1) is 5.56 Å². The molecule has 0 bridgehead atoms. The Labute approximate surface area is 158 Å². The molecule has 7 heteroatoms. The quantitative estimate of drug-likeness (QED) is 0.557. The van der Waals surface area contributed by atoms with E-state index in [-0.39, 0.29) is 12.7 Å². The Kier molecular flexibility index (Phi) is 5.42. The summed E-state index contributed by atoms with van der Waals surface area (Å²) in [6.45, 7) is 2.05. The molecule has 2 aromatic rings. The van der Waals surface area contributed by atoms with Gasteiger partial charge in [0.1, 0.15) is 0 Å². The van der Waals surface area contributed by atoms with Crippen LogP contribution in [0.15, 0.2) is 42.5 Å². The fraction of sp³-hybridized carbons (Fsp3) is 0.222. The highest BCUT2D eigenvalue weighted by Crippen LogP contribution is 2.32. The topological polar surface area (TPSA) is 73.9 Å². The second-order valence-corrected chi connectivity index (χ2v) is 6.71. The first kappa shape index (κ1) is 17.5. The lowest BCUT2D eigenvalue weighted by atomic mass is 10.2. The molecule has 130 valence electrons. The van der Waals surface area contributed by atoms with Crippen molar-refractivity contribution in [3.8, 4) is 11.5 Å². The second kappa shape index (κ2) is 7.73. The van der Waals surface area contributed by atoms with Crippen molar-refractivity contribution in [2.75, 3.05) is 6.79 Å². The molecule has 0 aliphatic carbocycles. The van der Waals surface area contributed by atoms with Gasteiger partial charge < -0.3 is 19.5 Å². The average Bonchev–Trinajstić information content (AvgIpc) is 3.07. The normalized spacial score (nSPS) is 13.2. The number of esters is 1. The van der Waals surface area contributed by atoms with Gasteiger partial charge in [-0.05, 0) is 65.4 Å². The molecule has 0 spiro atoms. The highest BCUT2D eigenvalue weighted by molar-refractivity contribution is 14.1. The predicted molar refractivity (Wildman–Crippen MR) is 98.4 cm³/mol. The van der Waals surface area contributed by atoms with Crippen molar-refractivity contribution in [2.45, 2.75) is 19.6 Å². The predicted octanol–water partition coefficient (Wildman–Crippen LogP) is 2.88. The van der Waals surface area contributed by atoms with E-state index in [1.165, 1.54) is 0 Å². The molecule has 1 unspecified atom stereocenters. The zero-order valence-corrected chi connectivity index (χ0v) is 15.6. The van der Waals surface area contributed by atoms with E-state index in [2.05, 4.69) is 27.9 Å². The fourth-order valence-electron chi connectivity index (χ4n) is 2.28. The zero-order valence-electron chi connectivity index (χ0n) is 13.5. The first-order valence-corrected chi connectivity index (χ1v) is 8.73. The molecule has 0 aromatic heterocycles. The highest BCUT2D eigenvalue weighted by Gasteiger charge is 2.19. The molecule has 1 aliphatic rings. The number of nitrogens with one attached hydrogen (secondary N) is 1. The number of carbonyl (C=O) groups is 2. The second-order valence-electron chi connectivity index (χ2n) is 5.46. The van der Waals surface area contributed by atoms with Crippen molar-refractivity contribution in [3.05, 3.63) is 57.2 Å². The number of benzene rings is 2. The molecule has 0 radical (unpaired) electrons. The summed E-state index contributed by atoms with van der Waals surface area (Å²) in [6, 6.07) is 12.5. The zero-order chi connectivity index (χ0) is 17.8.